The van der Waals surface area contributed by atoms with Gasteiger partial charge in [-0.2, -0.15) is 10.2 Å². The first kappa shape index (κ1) is 18.7. The van der Waals surface area contributed by atoms with Gasteiger partial charge in [0, 0.05) is 5.69 Å². The Bertz CT molecular complexity index is 847. The van der Waals surface area contributed by atoms with Gasteiger partial charge in [0.05, 0.1) is 22.6 Å². The summed E-state index contributed by atoms with van der Waals surface area (Å²) in [6.07, 6.45) is 0. The van der Waals surface area contributed by atoms with E-state index in [2.05, 4.69) is 15.5 Å². The average molecular weight is 394 g/mol. The minimum atomic E-state index is -1.74. The number of hydrogen-bond donors (Lipinski definition) is 1. The second kappa shape index (κ2) is 7.63. The van der Waals surface area contributed by atoms with Crippen molar-refractivity contribution < 1.29 is 13.4 Å². The maximum absolute atomic E-state index is 13.1. The third-order valence-electron chi connectivity index (χ3n) is 4.10. The molecular formula is C18H17ClFN3O2S. The Morgan fingerprint density at radius 1 is 1.23 bits per heavy atom. The van der Waals surface area contributed by atoms with Gasteiger partial charge in [0.2, 0.25) is 0 Å². The number of carbonyl (C=O) groups is 1. The zero-order valence-corrected chi connectivity index (χ0v) is 15.5. The molecule has 0 spiro atoms. The van der Waals surface area contributed by atoms with E-state index in [1.807, 2.05) is 30.3 Å². The van der Waals surface area contributed by atoms with Crippen molar-refractivity contribution in [2.75, 3.05) is 5.32 Å². The molecule has 26 heavy (non-hydrogen) atoms. The van der Waals surface area contributed by atoms with Crippen LogP contribution in [0, 0.1) is 5.82 Å². The van der Waals surface area contributed by atoms with Crippen molar-refractivity contribution in [1.82, 2.24) is 0 Å². The van der Waals surface area contributed by atoms with Crippen LogP contribution in [0.2, 0.25) is 0 Å². The second-order valence-corrected chi connectivity index (χ2v) is 8.06. The molecule has 0 saturated carbocycles. The highest BCUT2D eigenvalue weighted by molar-refractivity contribution is 7.86. The number of nitrogens with zero attached hydrogens (tertiary/aromatic N) is 2. The molecule has 0 bridgehead atoms. The van der Waals surface area contributed by atoms with Crippen molar-refractivity contribution in [2.45, 2.75) is 29.0 Å². The lowest BCUT2D eigenvalue weighted by molar-refractivity contribution is -0.118. The molecule has 3 rings (SSSR count). The van der Waals surface area contributed by atoms with Crippen LogP contribution in [0.3, 0.4) is 0 Å². The molecule has 1 amide bonds. The topological polar surface area (TPSA) is 70.9 Å². The largest absolute Gasteiger partial charge is 0.323 e. The number of anilines is 1. The summed E-state index contributed by atoms with van der Waals surface area (Å²) in [5, 5.41) is 9.81. The summed E-state index contributed by atoms with van der Waals surface area (Å²) >= 11 is 6.43. The first-order chi connectivity index (χ1) is 12.4. The molecule has 1 aliphatic rings. The Labute approximate surface area is 158 Å². The Hall–Kier alpha value is -2.12. The van der Waals surface area contributed by atoms with Crippen molar-refractivity contribution in [3.8, 4) is 0 Å². The molecule has 1 N–H and O–H groups in total. The summed E-state index contributed by atoms with van der Waals surface area (Å²) in [5.74, 6) is -0.923. The molecule has 1 heterocycles. The lowest BCUT2D eigenvalue weighted by Crippen LogP contribution is -2.52. The summed E-state index contributed by atoms with van der Waals surface area (Å²) in [6.45, 7) is 1.72. The molecule has 0 aromatic heterocycles. The van der Waals surface area contributed by atoms with Crippen LogP contribution in [-0.4, -0.2) is 26.4 Å². The first-order valence-corrected chi connectivity index (χ1v) is 9.74. The maximum atomic E-state index is 13.1. The number of benzene rings is 2. The maximum Gasteiger partial charge on any atom is 0.268 e. The molecule has 1 aliphatic heterocycles. The van der Waals surface area contributed by atoms with Gasteiger partial charge in [-0.25, -0.2) is 4.39 Å². The fourth-order valence-electron chi connectivity index (χ4n) is 2.65. The highest BCUT2D eigenvalue weighted by Gasteiger charge is 2.56. The number of alkyl halides is 1. The molecule has 0 unspecified atom stereocenters. The fraction of sp³-hybridized carbons (Fsp3) is 0.278. The van der Waals surface area contributed by atoms with Gasteiger partial charge < -0.3 is 5.32 Å². The van der Waals surface area contributed by atoms with Gasteiger partial charge in [0.15, 0.2) is 0 Å². The van der Waals surface area contributed by atoms with Crippen LogP contribution in [-0.2, 0) is 21.3 Å². The fourth-order valence-corrected chi connectivity index (χ4v) is 4.70. The molecule has 5 nitrogen and oxygen atoms in total. The quantitative estimate of drug-likeness (QED) is 0.783. The van der Waals surface area contributed by atoms with E-state index < -0.39 is 38.8 Å². The molecule has 0 saturated heterocycles. The van der Waals surface area contributed by atoms with E-state index in [-0.39, 0.29) is 5.75 Å². The van der Waals surface area contributed by atoms with Crippen LogP contribution in [0.25, 0.3) is 0 Å². The monoisotopic (exact) mass is 393 g/mol. The summed E-state index contributed by atoms with van der Waals surface area (Å²) in [4.78, 5) is 11.3. The van der Waals surface area contributed by atoms with E-state index in [9.17, 15) is 13.4 Å². The highest BCUT2D eigenvalue weighted by atomic mass is 35.5. The number of hydrogen-bond acceptors (Lipinski definition) is 4. The van der Waals surface area contributed by atoms with E-state index in [0.717, 1.165) is 5.56 Å². The Kier molecular flexibility index (Phi) is 5.48. The SMILES string of the molecule is C[C@H]1N=N[C@@](C(=O)Nc2ccc(F)cc2)([S@](=O)Cc2ccccc2)[C@H]1Cl. The van der Waals surface area contributed by atoms with Crippen molar-refractivity contribution in [3.63, 3.8) is 0 Å². The van der Waals surface area contributed by atoms with Gasteiger partial charge in [-0.15, -0.1) is 11.6 Å². The number of halogens is 2. The molecule has 0 aliphatic carbocycles. The predicted molar refractivity (Wildman–Crippen MR) is 100 cm³/mol. The van der Waals surface area contributed by atoms with Crippen LogP contribution in [0.5, 0.6) is 0 Å². The van der Waals surface area contributed by atoms with Crippen LogP contribution in [0.1, 0.15) is 12.5 Å². The lowest BCUT2D eigenvalue weighted by atomic mass is 10.1. The zero-order valence-electron chi connectivity index (χ0n) is 13.9. The van der Waals surface area contributed by atoms with Crippen LogP contribution in [0.15, 0.2) is 64.8 Å². The van der Waals surface area contributed by atoms with Crippen molar-refractivity contribution >= 4 is 34.0 Å². The van der Waals surface area contributed by atoms with Crippen molar-refractivity contribution in [3.05, 3.63) is 66.0 Å². The summed E-state index contributed by atoms with van der Waals surface area (Å²) in [5.41, 5.74) is 1.17. The van der Waals surface area contributed by atoms with Gasteiger partial charge in [-0.05, 0) is 36.8 Å². The average Bonchev–Trinajstić information content (AvgIpc) is 2.94. The van der Waals surface area contributed by atoms with Gasteiger partial charge >= 0.3 is 0 Å². The standard InChI is InChI=1S/C18H17ClFN3O2S/c1-12-16(19)18(23-22-12,26(25)11-13-5-3-2-4-6-13)17(24)21-15-9-7-14(20)8-10-15/h2-10,12,16H,11H2,1H3,(H,21,24)/t12-,16+,18-,26-/m1/s1. The molecule has 4 atom stereocenters. The van der Waals surface area contributed by atoms with Crippen LogP contribution in [0.4, 0.5) is 10.1 Å². The van der Waals surface area contributed by atoms with Gasteiger partial charge in [0.25, 0.3) is 10.8 Å². The Morgan fingerprint density at radius 2 is 1.88 bits per heavy atom. The van der Waals surface area contributed by atoms with E-state index in [4.69, 9.17) is 11.6 Å². The third kappa shape index (κ3) is 3.54. The van der Waals surface area contributed by atoms with E-state index >= 15 is 0 Å². The molecule has 0 fully saturated rings. The number of rotatable bonds is 5. The minimum Gasteiger partial charge on any atom is -0.323 e. The van der Waals surface area contributed by atoms with E-state index in [1.165, 1.54) is 24.3 Å². The Morgan fingerprint density at radius 3 is 2.46 bits per heavy atom. The summed E-state index contributed by atoms with van der Waals surface area (Å²) < 4.78 is 26.2. The number of amides is 1. The zero-order chi connectivity index (χ0) is 18.7. The Balaban J connectivity index is 1.89. The smallest absolute Gasteiger partial charge is 0.268 e. The predicted octanol–water partition coefficient (Wildman–Crippen LogP) is 3.87. The normalized spacial score (nSPS) is 25.8. The van der Waals surface area contributed by atoms with Gasteiger partial charge in [0.1, 0.15) is 11.2 Å². The molecule has 2 aromatic rings. The first-order valence-electron chi connectivity index (χ1n) is 7.99. The number of nitrogens with one attached hydrogen (secondary N) is 1. The van der Waals surface area contributed by atoms with Gasteiger partial charge in [-0.3, -0.25) is 9.00 Å². The summed E-state index contributed by atoms with van der Waals surface area (Å²) in [6, 6.07) is 14.0. The molecule has 8 heteroatoms. The van der Waals surface area contributed by atoms with E-state index in [0.29, 0.717) is 5.69 Å². The second-order valence-electron chi connectivity index (χ2n) is 5.99. The molecule has 0 radical (unpaired) electrons. The van der Waals surface area contributed by atoms with E-state index in [1.54, 1.807) is 6.92 Å². The van der Waals surface area contributed by atoms with Crippen molar-refractivity contribution in [1.29, 1.82) is 0 Å². The van der Waals surface area contributed by atoms with Crippen LogP contribution >= 0.6 is 11.6 Å². The van der Waals surface area contributed by atoms with Gasteiger partial charge in [-0.1, -0.05) is 30.3 Å². The molecular weight excluding hydrogens is 377 g/mol. The minimum absolute atomic E-state index is 0.118. The summed E-state index contributed by atoms with van der Waals surface area (Å²) in [7, 11) is -1.74. The lowest BCUT2D eigenvalue weighted by Gasteiger charge is -2.27. The molecule has 2 aromatic carbocycles. The van der Waals surface area contributed by atoms with Crippen LogP contribution < -0.4 is 5.32 Å². The number of carbonyl (C=O) groups excluding carboxylic acids is 1. The third-order valence-corrected chi connectivity index (χ3v) is 6.72. The van der Waals surface area contributed by atoms with Crippen molar-refractivity contribution in [2.24, 2.45) is 10.2 Å². The number of azo groups is 1. The highest BCUT2D eigenvalue weighted by Crippen LogP contribution is 2.37. The molecule has 136 valence electrons.